The third kappa shape index (κ3) is 4.46. The molecule has 1 aliphatic rings. The van der Waals surface area contributed by atoms with E-state index >= 15 is 0 Å². The predicted molar refractivity (Wildman–Crippen MR) is 112 cm³/mol. The lowest BCUT2D eigenvalue weighted by Crippen LogP contribution is -2.69. The van der Waals surface area contributed by atoms with E-state index < -0.39 is 40.1 Å². The van der Waals surface area contributed by atoms with Crippen LogP contribution >= 0.6 is 0 Å². The number of hydrogen-bond donors (Lipinski definition) is 2. The summed E-state index contributed by atoms with van der Waals surface area (Å²) in [5.41, 5.74) is -1.46. The molecule has 1 aliphatic heterocycles. The highest BCUT2D eigenvalue weighted by atomic mass is 19.2. The fraction of sp³-hybridized carbons (Fsp3) is 0.435. The third-order valence-corrected chi connectivity index (χ3v) is 5.30. The molecule has 2 aromatic rings. The summed E-state index contributed by atoms with van der Waals surface area (Å²) >= 11 is 0. The molecule has 164 valence electrons. The Morgan fingerprint density at radius 1 is 1.07 bits per heavy atom. The van der Waals surface area contributed by atoms with Crippen LogP contribution in [0.1, 0.15) is 50.5 Å². The Labute approximate surface area is 175 Å². The molecular weight excluding hydrogens is 393 g/mol. The Balaban J connectivity index is 0.00000155. The van der Waals surface area contributed by atoms with Crippen molar-refractivity contribution in [3.8, 4) is 0 Å². The number of carbonyl (C=O) groups is 1. The summed E-state index contributed by atoms with van der Waals surface area (Å²) in [4.78, 5) is 14.2. The fourth-order valence-corrected chi connectivity index (χ4v) is 3.08. The van der Waals surface area contributed by atoms with E-state index in [1.165, 1.54) is 17.0 Å². The third-order valence-electron chi connectivity index (χ3n) is 5.30. The smallest absolute Gasteiger partial charge is 0.256 e. The van der Waals surface area contributed by atoms with Crippen LogP contribution in [0.25, 0.3) is 0 Å². The first-order valence-electron chi connectivity index (χ1n) is 9.96. The van der Waals surface area contributed by atoms with E-state index in [-0.39, 0.29) is 24.3 Å². The quantitative estimate of drug-likeness (QED) is 0.695. The SMILES string of the molecule is CC.Cc1ccc(Nc2c(C(=O)N3CC(O)(C(C)(C)C)C3)ccc(F)c2F)c(F)c1. The van der Waals surface area contributed by atoms with Crippen molar-refractivity contribution >= 4 is 17.3 Å². The Bertz CT molecular complexity index is 933. The van der Waals surface area contributed by atoms with Crippen molar-refractivity contribution in [3.63, 3.8) is 0 Å². The number of amides is 1. The molecule has 0 bridgehead atoms. The van der Waals surface area contributed by atoms with Crippen molar-refractivity contribution in [3.05, 3.63) is 58.9 Å². The summed E-state index contributed by atoms with van der Waals surface area (Å²) in [6.45, 7) is 11.4. The van der Waals surface area contributed by atoms with E-state index in [1.807, 2.05) is 34.6 Å². The van der Waals surface area contributed by atoms with Crippen LogP contribution in [-0.2, 0) is 0 Å². The number of β-amino-alcohol motifs (C(OH)–C–C–N with tert-alkyl or cyclic N) is 1. The molecule has 1 amide bonds. The number of nitrogens with zero attached hydrogens (tertiary/aromatic N) is 1. The Morgan fingerprint density at radius 2 is 1.67 bits per heavy atom. The number of rotatable bonds is 3. The van der Waals surface area contributed by atoms with Gasteiger partial charge in [0, 0.05) is 0 Å². The highest BCUT2D eigenvalue weighted by molar-refractivity contribution is 6.01. The second kappa shape index (κ2) is 8.68. The summed E-state index contributed by atoms with van der Waals surface area (Å²) in [6, 6.07) is 6.27. The Morgan fingerprint density at radius 3 is 2.20 bits per heavy atom. The highest BCUT2D eigenvalue weighted by Crippen LogP contribution is 2.39. The van der Waals surface area contributed by atoms with E-state index in [2.05, 4.69) is 5.32 Å². The van der Waals surface area contributed by atoms with Crippen molar-refractivity contribution in [1.82, 2.24) is 4.90 Å². The van der Waals surface area contributed by atoms with Gasteiger partial charge in [0.25, 0.3) is 5.91 Å². The van der Waals surface area contributed by atoms with E-state index in [1.54, 1.807) is 13.0 Å². The van der Waals surface area contributed by atoms with Crippen molar-refractivity contribution < 1.29 is 23.1 Å². The van der Waals surface area contributed by atoms with Crippen LogP contribution in [0.3, 0.4) is 0 Å². The molecule has 0 radical (unpaired) electrons. The second-order valence-corrected chi connectivity index (χ2v) is 8.34. The average molecular weight is 422 g/mol. The van der Waals surface area contributed by atoms with Gasteiger partial charge in [0.1, 0.15) is 11.4 Å². The molecule has 2 N–H and O–H groups in total. The molecule has 0 atom stereocenters. The number of anilines is 2. The number of aryl methyl sites for hydroxylation is 1. The minimum Gasteiger partial charge on any atom is -0.386 e. The van der Waals surface area contributed by atoms with Crippen LogP contribution < -0.4 is 5.32 Å². The molecule has 7 heteroatoms. The van der Waals surface area contributed by atoms with E-state index in [0.717, 1.165) is 12.1 Å². The number of carbonyl (C=O) groups excluding carboxylic acids is 1. The van der Waals surface area contributed by atoms with Crippen LogP contribution in [0.2, 0.25) is 0 Å². The van der Waals surface area contributed by atoms with Gasteiger partial charge >= 0.3 is 0 Å². The minimum atomic E-state index is -1.27. The lowest BCUT2D eigenvalue weighted by atomic mass is 9.71. The van der Waals surface area contributed by atoms with Gasteiger partial charge < -0.3 is 15.3 Å². The molecule has 2 aromatic carbocycles. The van der Waals surface area contributed by atoms with Gasteiger partial charge in [0.15, 0.2) is 11.6 Å². The normalized spacial score (nSPS) is 15.1. The van der Waals surface area contributed by atoms with Crippen molar-refractivity contribution in [2.24, 2.45) is 5.41 Å². The zero-order valence-corrected chi connectivity index (χ0v) is 18.2. The number of hydrogen-bond acceptors (Lipinski definition) is 3. The molecule has 0 aromatic heterocycles. The van der Waals surface area contributed by atoms with Crippen molar-refractivity contribution in [2.75, 3.05) is 18.4 Å². The molecule has 0 saturated carbocycles. The lowest BCUT2D eigenvalue weighted by molar-refractivity contribution is -0.147. The topological polar surface area (TPSA) is 52.6 Å². The number of aliphatic hydroxyl groups is 1. The predicted octanol–water partition coefficient (Wildman–Crippen LogP) is 5.42. The van der Waals surface area contributed by atoms with Gasteiger partial charge in [-0.3, -0.25) is 4.79 Å². The minimum absolute atomic E-state index is 0.0704. The number of benzene rings is 2. The molecular formula is C23H29F3N2O2. The van der Waals surface area contributed by atoms with Crippen molar-refractivity contribution in [1.29, 1.82) is 0 Å². The number of nitrogens with one attached hydrogen (secondary N) is 1. The maximum absolute atomic E-state index is 14.5. The first-order valence-corrected chi connectivity index (χ1v) is 9.96. The van der Waals surface area contributed by atoms with Crippen LogP contribution in [0.5, 0.6) is 0 Å². The average Bonchev–Trinajstić information content (AvgIpc) is 2.65. The largest absolute Gasteiger partial charge is 0.386 e. The summed E-state index contributed by atoms with van der Waals surface area (Å²) in [6.07, 6.45) is 0. The van der Waals surface area contributed by atoms with E-state index in [0.29, 0.717) is 5.56 Å². The van der Waals surface area contributed by atoms with Crippen molar-refractivity contribution in [2.45, 2.75) is 47.1 Å². The second-order valence-electron chi connectivity index (χ2n) is 8.34. The monoisotopic (exact) mass is 422 g/mol. The van der Waals surface area contributed by atoms with Gasteiger partial charge in [-0.05, 0) is 42.2 Å². The summed E-state index contributed by atoms with van der Waals surface area (Å²) in [7, 11) is 0. The standard InChI is InChI=1S/C21H23F3N2O2.C2H6/c1-12-5-8-16(15(23)9-12)25-18-13(6-7-14(22)17(18)24)19(27)26-10-21(28,11-26)20(2,3)4;1-2/h5-9,25,28H,10-11H2,1-4H3;1-2H3. The molecule has 3 rings (SSSR count). The molecule has 1 saturated heterocycles. The molecule has 0 spiro atoms. The molecule has 30 heavy (non-hydrogen) atoms. The van der Waals surface area contributed by atoms with Gasteiger partial charge in [0.05, 0.1) is 30.0 Å². The summed E-state index contributed by atoms with van der Waals surface area (Å²) < 4.78 is 42.4. The van der Waals surface area contributed by atoms with Gasteiger partial charge in [-0.25, -0.2) is 13.2 Å². The maximum atomic E-state index is 14.5. The molecule has 0 aliphatic carbocycles. The summed E-state index contributed by atoms with van der Waals surface area (Å²) in [5.74, 6) is -3.63. The van der Waals surface area contributed by atoms with Crippen LogP contribution in [0.4, 0.5) is 24.5 Å². The molecule has 0 unspecified atom stereocenters. The number of halogens is 3. The van der Waals surface area contributed by atoms with E-state index in [9.17, 15) is 23.1 Å². The van der Waals surface area contributed by atoms with Gasteiger partial charge in [0.2, 0.25) is 0 Å². The summed E-state index contributed by atoms with van der Waals surface area (Å²) in [5, 5.41) is 13.1. The van der Waals surface area contributed by atoms with Crippen LogP contribution in [-0.4, -0.2) is 34.6 Å². The van der Waals surface area contributed by atoms with Crippen LogP contribution in [0.15, 0.2) is 30.3 Å². The Hall–Kier alpha value is -2.54. The lowest BCUT2D eigenvalue weighted by Gasteiger charge is -2.53. The number of likely N-dealkylation sites (tertiary alicyclic amines) is 1. The highest BCUT2D eigenvalue weighted by Gasteiger charge is 2.51. The Kier molecular flexibility index (Phi) is 6.87. The first kappa shape index (κ1) is 23.7. The molecule has 1 fully saturated rings. The molecule has 4 nitrogen and oxygen atoms in total. The zero-order chi connectivity index (χ0) is 22.9. The molecule has 1 heterocycles. The van der Waals surface area contributed by atoms with Gasteiger partial charge in [-0.15, -0.1) is 0 Å². The van der Waals surface area contributed by atoms with Gasteiger partial charge in [-0.2, -0.15) is 0 Å². The van der Waals surface area contributed by atoms with Crippen LogP contribution in [0, 0.1) is 29.8 Å². The zero-order valence-electron chi connectivity index (χ0n) is 18.2. The maximum Gasteiger partial charge on any atom is 0.256 e. The van der Waals surface area contributed by atoms with Gasteiger partial charge in [-0.1, -0.05) is 40.7 Å². The first-order chi connectivity index (χ1) is 13.9. The van der Waals surface area contributed by atoms with E-state index in [4.69, 9.17) is 0 Å². The fourth-order valence-electron chi connectivity index (χ4n) is 3.08.